The van der Waals surface area contributed by atoms with Gasteiger partial charge in [0.05, 0.1) is 0 Å². The predicted molar refractivity (Wildman–Crippen MR) is 87.9 cm³/mol. The maximum Gasteiger partial charge on any atom is 0.223 e. The third-order valence-electron chi connectivity index (χ3n) is 4.75. The molecule has 1 aliphatic heterocycles. The van der Waals surface area contributed by atoms with Crippen molar-refractivity contribution < 1.29 is 4.79 Å². The normalized spacial score (nSPS) is 23.1. The Labute approximate surface area is 135 Å². The fourth-order valence-electron chi connectivity index (χ4n) is 2.93. The third-order valence-corrected chi connectivity index (χ3v) is 4.75. The number of rotatable bonds is 5. The fourth-order valence-corrected chi connectivity index (χ4v) is 2.93. The van der Waals surface area contributed by atoms with Crippen LogP contribution < -0.4 is 10.6 Å². The molecule has 0 radical (unpaired) electrons. The zero-order valence-corrected chi connectivity index (χ0v) is 14.4. The monoisotopic (exact) mass is 325 g/mol. The molecular formula is C14H29Cl2N3O. The first-order valence-electron chi connectivity index (χ1n) is 7.24. The summed E-state index contributed by atoms with van der Waals surface area (Å²) >= 11 is 0. The van der Waals surface area contributed by atoms with Gasteiger partial charge in [-0.1, -0.05) is 0 Å². The summed E-state index contributed by atoms with van der Waals surface area (Å²) in [5, 5.41) is 6.47. The van der Waals surface area contributed by atoms with Crippen molar-refractivity contribution in [1.29, 1.82) is 0 Å². The van der Waals surface area contributed by atoms with E-state index in [9.17, 15) is 4.79 Å². The predicted octanol–water partition coefficient (Wildman–Crippen LogP) is 1.68. The second kappa shape index (κ2) is 8.42. The van der Waals surface area contributed by atoms with Gasteiger partial charge in [-0.25, -0.2) is 0 Å². The molecule has 1 saturated carbocycles. The van der Waals surface area contributed by atoms with E-state index in [-0.39, 0.29) is 30.7 Å². The number of carbonyl (C=O) groups excluding carboxylic acids is 1. The number of hydrogen-bond acceptors (Lipinski definition) is 3. The van der Waals surface area contributed by atoms with E-state index < -0.39 is 0 Å². The molecule has 120 valence electrons. The Balaban J connectivity index is 0.00000180. The van der Waals surface area contributed by atoms with Gasteiger partial charge >= 0.3 is 0 Å². The van der Waals surface area contributed by atoms with Gasteiger partial charge in [-0.3, -0.25) is 4.79 Å². The largest absolute Gasteiger partial charge is 0.355 e. The van der Waals surface area contributed by atoms with Gasteiger partial charge in [0.25, 0.3) is 0 Å². The highest BCUT2D eigenvalue weighted by Crippen LogP contribution is 2.58. The Bertz CT molecular complexity index is 307. The molecule has 1 unspecified atom stereocenters. The molecule has 6 heteroatoms. The van der Waals surface area contributed by atoms with Crippen molar-refractivity contribution in [2.45, 2.75) is 39.2 Å². The second-order valence-corrected chi connectivity index (χ2v) is 6.23. The lowest BCUT2D eigenvalue weighted by atomic mass is 9.92. The molecule has 2 rings (SSSR count). The van der Waals surface area contributed by atoms with E-state index >= 15 is 0 Å². The van der Waals surface area contributed by atoms with Crippen LogP contribution in [0.5, 0.6) is 0 Å². The Morgan fingerprint density at radius 2 is 1.95 bits per heavy atom. The van der Waals surface area contributed by atoms with Crippen LogP contribution in [-0.2, 0) is 4.79 Å². The van der Waals surface area contributed by atoms with E-state index in [1.54, 1.807) is 0 Å². The highest BCUT2D eigenvalue weighted by atomic mass is 35.5. The SMILES string of the molecule is CC(C)N(C)CCNC(=O)C1CC12CCNCC2.Cl.Cl. The number of likely N-dealkylation sites (N-methyl/N-ethyl adjacent to an activating group) is 1. The quantitative estimate of drug-likeness (QED) is 0.808. The minimum absolute atomic E-state index is 0. The lowest BCUT2D eigenvalue weighted by molar-refractivity contribution is -0.123. The lowest BCUT2D eigenvalue weighted by Gasteiger charge is -2.24. The van der Waals surface area contributed by atoms with Gasteiger partial charge in [-0.15, -0.1) is 24.8 Å². The molecular weight excluding hydrogens is 297 g/mol. The molecule has 1 heterocycles. The summed E-state index contributed by atoms with van der Waals surface area (Å²) in [6.07, 6.45) is 3.47. The summed E-state index contributed by atoms with van der Waals surface area (Å²) in [6, 6.07) is 0.540. The standard InChI is InChI=1S/C14H27N3O.2ClH/c1-11(2)17(3)9-8-16-13(18)12-10-14(12)4-6-15-7-5-14;;/h11-12,15H,4-10H2,1-3H3,(H,16,18);2*1H. The number of nitrogens with zero attached hydrogens (tertiary/aromatic N) is 1. The average molecular weight is 326 g/mol. The van der Waals surface area contributed by atoms with Crippen LogP contribution in [0.3, 0.4) is 0 Å². The van der Waals surface area contributed by atoms with Crippen molar-refractivity contribution >= 4 is 30.7 Å². The van der Waals surface area contributed by atoms with Crippen molar-refractivity contribution in [3.8, 4) is 0 Å². The minimum atomic E-state index is 0. The molecule has 0 aromatic carbocycles. The fraction of sp³-hybridized carbons (Fsp3) is 0.929. The average Bonchev–Trinajstić information content (AvgIpc) is 3.03. The summed E-state index contributed by atoms with van der Waals surface area (Å²) in [4.78, 5) is 14.3. The van der Waals surface area contributed by atoms with Crippen molar-refractivity contribution in [2.24, 2.45) is 11.3 Å². The summed E-state index contributed by atoms with van der Waals surface area (Å²) in [6.45, 7) is 8.22. The van der Waals surface area contributed by atoms with Gasteiger partial charge in [0, 0.05) is 25.0 Å². The van der Waals surface area contributed by atoms with E-state index in [0.29, 0.717) is 17.4 Å². The van der Waals surface area contributed by atoms with Gasteiger partial charge in [-0.05, 0) is 58.7 Å². The van der Waals surface area contributed by atoms with Crippen LogP contribution in [0.25, 0.3) is 0 Å². The van der Waals surface area contributed by atoms with Crippen molar-refractivity contribution in [3.63, 3.8) is 0 Å². The van der Waals surface area contributed by atoms with Gasteiger partial charge in [0.15, 0.2) is 0 Å². The molecule has 2 fully saturated rings. The lowest BCUT2D eigenvalue weighted by Crippen LogP contribution is -2.38. The first-order valence-corrected chi connectivity index (χ1v) is 7.24. The Morgan fingerprint density at radius 1 is 1.35 bits per heavy atom. The van der Waals surface area contributed by atoms with Gasteiger partial charge < -0.3 is 15.5 Å². The molecule has 1 amide bonds. The Kier molecular flexibility index (Phi) is 8.41. The highest BCUT2D eigenvalue weighted by molar-refractivity contribution is 5.85. The molecule has 0 aromatic rings. The zero-order chi connectivity index (χ0) is 13.2. The van der Waals surface area contributed by atoms with Crippen molar-refractivity contribution in [3.05, 3.63) is 0 Å². The van der Waals surface area contributed by atoms with Crippen LogP contribution in [0.15, 0.2) is 0 Å². The van der Waals surface area contributed by atoms with Crippen LogP contribution in [-0.4, -0.2) is 50.1 Å². The first-order chi connectivity index (χ1) is 8.55. The van der Waals surface area contributed by atoms with Crippen LogP contribution in [0.4, 0.5) is 0 Å². The van der Waals surface area contributed by atoms with Gasteiger partial charge in [0.1, 0.15) is 0 Å². The number of halogens is 2. The maximum atomic E-state index is 12.1. The van der Waals surface area contributed by atoms with Gasteiger partial charge in [0.2, 0.25) is 5.91 Å². The maximum absolute atomic E-state index is 12.1. The highest BCUT2D eigenvalue weighted by Gasteiger charge is 2.57. The molecule has 1 aliphatic carbocycles. The molecule has 2 N–H and O–H groups in total. The molecule has 1 atom stereocenters. The zero-order valence-electron chi connectivity index (χ0n) is 12.8. The van der Waals surface area contributed by atoms with Crippen molar-refractivity contribution in [1.82, 2.24) is 15.5 Å². The van der Waals surface area contributed by atoms with Crippen molar-refractivity contribution in [2.75, 3.05) is 33.2 Å². The first kappa shape index (κ1) is 20.0. The molecule has 1 saturated heterocycles. The number of hydrogen-bond donors (Lipinski definition) is 2. The van der Waals surface area contributed by atoms with E-state index in [2.05, 4.69) is 36.4 Å². The third kappa shape index (κ3) is 4.76. The number of amides is 1. The molecule has 1 spiro atoms. The molecule has 0 bridgehead atoms. The van der Waals surface area contributed by atoms with Crippen LogP contribution in [0, 0.1) is 11.3 Å². The number of piperidine rings is 1. The second-order valence-electron chi connectivity index (χ2n) is 6.23. The smallest absolute Gasteiger partial charge is 0.223 e. The molecule has 20 heavy (non-hydrogen) atoms. The Morgan fingerprint density at radius 3 is 2.50 bits per heavy atom. The summed E-state index contributed by atoms with van der Waals surface area (Å²) in [7, 11) is 2.10. The van der Waals surface area contributed by atoms with E-state index in [1.165, 1.54) is 12.8 Å². The number of carbonyl (C=O) groups is 1. The topological polar surface area (TPSA) is 44.4 Å². The minimum Gasteiger partial charge on any atom is -0.355 e. The van der Waals surface area contributed by atoms with E-state index in [1.807, 2.05) is 0 Å². The Hall–Kier alpha value is -0.0300. The van der Waals surface area contributed by atoms with Crippen LogP contribution >= 0.6 is 24.8 Å². The molecule has 4 nitrogen and oxygen atoms in total. The summed E-state index contributed by atoms with van der Waals surface area (Å²) in [5.41, 5.74) is 0.360. The van der Waals surface area contributed by atoms with E-state index in [4.69, 9.17) is 0 Å². The summed E-state index contributed by atoms with van der Waals surface area (Å²) in [5.74, 6) is 0.581. The van der Waals surface area contributed by atoms with Crippen LogP contribution in [0.2, 0.25) is 0 Å². The van der Waals surface area contributed by atoms with Crippen LogP contribution in [0.1, 0.15) is 33.1 Å². The molecule has 2 aliphatic rings. The van der Waals surface area contributed by atoms with E-state index in [0.717, 1.165) is 32.6 Å². The summed E-state index contributed by atoms with van der Waals surface area (Å²) < 4.78 is 0. The molecule has 0 aromatic heterocycles. The number of nitrogens with one attached hydrogen (secondary N) is 2. The van der Waals surface area contributed by atoms with Gasteiger partial charge in [-0.2, -0.15) is 0 Å².